The van der Waals surface area contributed by atoms with E-state index in [4.69, 9.17) is 29.4 Å². The van der Waals surface area contributed by atoms with E-state index in [0.29, 0.717) is 69.8 Å². The van der Waals surface area contributed by atoms with E-state index in [1.54, 1.807) is 14.2 Å². The molecule has 4 N–H and O–H groups in total. The summed E-state index contributed by atoms with van der Waals surface area (Å²) >= 11 is 0. The van der Waals surface area contributed by atoms with Crippen molar-refractivity contribution in [2.75, 3.05) is 53.8 Å². The Labute approximate surface area is 235 Å². The minimum absolute atomic E-state index is 0.0675. The number of aliphatic hydroxyl groups excluding tert-OH is 1. The molecule has 9 heteroatoms. The van der Waals surface area contributed by atoms with Crippen molar-refractivity contribution in [2.45, 2.75) is 71.6 Å². The van der Waals surface area contributed by atoms with Gasteiger partial charge in [0.1, 0.15) is 0 Å². The van der Waals surface area contributed by atoms with E-state index >= 15 is 0 Å². The van der Waals surface area contributed by atoms with Crippen LogP contribution in [0.5, 0.6) is 11.5 Å². The van der Waals surface area contributed by atoms with Crippen LogP contribution in [-0.2, 0) is 25.4 Å². The second-order valence-corrected chi connectivity index (χ2v) is 11.3. The zero-order valence-corrected chi connectivity index (χ0v) is 24.8. The summed E-state index contributed by atoms with van der Waals surface area (Å²) in [5.74, 6) is 1.67. The first kappa shape index (κ1) is 33.3. The molecule has 1 aromatic rings. The van der Waals surface area contributed by atoms with E-state index in [-0.39, 0.29) is 29.8 Å². The fourth-order valence-corrected chi connectivity index (χ4v) is 4.86. The van der Waals surface area contributed by atoms with Crippen LogP contribution < -0.4 is 20.5 Å². The van der Waals surface area contributed by atoms with E-state index in [9.17, 15) is 9.90 Å². The molecule has 224 valence electrons. The summed E-state index contributed by atoms with van der Waals surface area (Å²) in [6.45, 7) is 11.5. The van der Waals surface area contributed by atoms with Crippen molar-refractivity contribution < 1.29 is 33.6 Å². The number of methoxy groups -OCH3 is 2. The smallest absolute Gasteiger partial charge is 0.223 e. The third-order valence-electron chi connectivity index (χ3n) is 7.51. The average Bonchev–Trinajstić information content (AvgIpc) is 2.92. The summed E-state index contributed by atoms with van der Waals surface area (Å²) in [5.41, 5.74) is 7.67. The maximum absolute atomic E-state index is 13.0. The molecule has 0 bridgehead atoms. The molecule has 0 spiro atoms. The second-order valence-electron chi connectivity index (χ2n) is 11.3. The first-order valence-electron chi connectivity index (χ1n) is 14.4. The Bertz CT molecular complexity index is 830. The third kappa shape index (κ3) is 11.6. The number of carbonyl (C=O) groups is 1. The highest BCUT2D eigenvalue weighted by Gasteiger charge is 2.30. The molecular weight excluding hydrogens is 500 g/mol. The Morgan fingerprint density at radius 1 is 1.10 bits per heavy atom. The van der Waals surface area contributed by atoms with Gasteiger partial charge in [-0.2, -0.15) is 0 Å². The maximum atomic E-state index is 13.0. The highest BCUT2D eigenvalue weighted by atomic mass is 16.6. The van der Waals surface area contributed by atoms with Crippen LogP contribution in [0.3, 0.4) is 0 Å². The van der Waals surface area contributed by atoms with Crippen LogP contribution in [0.25, 0.3) is 0 Å². The predicted octanol–water partition coefficient (Wildman–Crippen LogP) is 3.20. The molecular formula is C30H52N2O7. The zero-order valence-electron chi connectivity index (χ0n) is 24.8. The molecule has 9 nitrogen and oxygen atoms in total. The fourth-order valence-electron chi connectivity index (χ4n) is 4.86. The lowest BCUT2D eigenvalue weighted by atomic mass is 9.81. The van der Waals surface area contributed by atoms with Gasteiger partial charge in [-0.25, -0.2) is 0 Å². The summed E-state index contributed by atoms with van der Waals surface area (Å²) < 4.78 is 27.6. The zero-order chi connectivity index (χ0) is 28.8. The largest absolute Gasteiger partial charge is 0.493 e. The molecule has 1 fully saturated rings. The van der Waals surface area contributed by atoms with Crippen LogP contribution in [0.15, 0.2) is 18.2 Å². The number of hydrogen-bond acceptors (Lipinski definition) is 8. The molecule has 1 aliphatic heterocycles. The summed E-state index contributed by atoms with van der Waals surface area (Å²) in [6.07, 6.45) is 1.64. The lowest BCUT2D eigenvalue weighted by molar-refractivity contribution is -0.130. The summed E-state index contributed by atoms with van der Waals surface area (Å²) in [5, 5.41) is 14.0. The number of aliphatic hydroxyl groups is 1. The van der Waals surface area contributed by atoms with Crippen LogP contribution in [0.4, 0.5) is 0 Å². The minimum Gasteiger partial charge on any atom is -0.493 e. The Balaban J connectivity index is 1.97. The molecule has 1 amide bonds. The van der Waals surface area contributed by atoms with Crippen molar-refractivity contribution in [3.63, 3.8) is 0 Å². The van der Waals surface area contributed by atoms with Crippen molar-refractivity contribution in [1.82, 2.24) is 5.32 Å². The Morgan fingerprint density at radius 3 is 2.49 bits per heavy atom. The molecule has 5 atom stereocenters. The van der Waals surface area contributed by atoms with Crippen LogP contribution in [0.2, 0.25) is 0 Å². The number of nitrogens with two attached hydrogens (primary N) is 1. The van der Waals surface area contributed by atoms with E-state index < -0.39 is 12.1 Å². The van der Waals surface area contributed by atoms with Gasteiger partial charge in [-0.3, -0.25) is 4.79 Å². The number of ether oxygens (including phenoxy) is 5. The van der Waals surface area contributed by atoms with Gasteiger partial charge >= 0.3 is 0 Å². The third-order valence-corrected chi connectivity index (χ3v) is 7.51. The molecule has 1 heterocycles. The molecule has 0 saturated carbocycles. The quantitative estimate of drug-likeness (QED) is 0.238. The van der Waals surface area contributed by atoms with Gasteiger partial charge in [0.2, 0.25) is 5.91 Å². The number of nitrogens with one attached hydrogen (secondary N) is 1. The number of carbonyl (C=O) groups excluding carboxylic acids is 1. The Kier molecular flexibility index (Phi) is 15.1. The van der Waals surface area contributed by atoms with Crippen molar-refractivity contribution in [2.24, 2.45) is 29.4 Å². The van der Waals surface area contributed by atoms with Crippen LogP contribution >= 0.6 is 0 Å². The topological polar surface area (TPSA) is 122 Å². The van der Waals surface area contributed by atoms with E-state index in [2.05, 4.69) is 25.2 Å². The van der Waals surface area contributed by atoms with E-state index in [0.717, 1.165) is 18.4 Å². The molecule has 1 saturated heterocycles. The van der Waals surface area contributed by atoms with Crippen LogP contribution in [0, 0.1) is 23.7 Å². The highest BCUT2D eigenvalue weighted by molar-refractivity contribution is 5.78. The number of amides is 1. The van der Waals surface area contributed by atoms with Crippen LogP contribution in [-0.4, -0.2) is 83.1 Å². The standard InChI is InChI=1S/C30H52N2O7/c1-20(2)23(14-22-8-9-28(36-6)29(15-22)39-11-7-10-35-5)16-26(31)27(33)17-25(21(3)4)30(34)32-18-24-19-37-12-13-38-24/h8-9,15,20-21,23-27,33H,7,10-14,16-19,31H2,1-6H3,(H,32,34)/t23?,24-,25?,26?,27+/m1/s1. The first-order chi connectivity index (χ1) is 18.7. The summed E-state index contributed by atoms with van der Waals surface area (Å²) in [4.78, 5) is 13.0. The lowest BCUT2D eigenvalue weighted by Crippen LogP contribution is -2.45. The molecule has 39 heavy (non-hydrogen) atoms. The van der Waals surface area contributed by atoms with Gasteiger partial charge in [0.05, 0.1) is 45.7 Å². The normalized spacial score (nSPS) is 19.0. The molecule has 1 aliphatic rings. The number of hydrogen-bond donors (Lipinski definition) is 3. The Hall–Kier alpha value is -1.91. The molecule has 0 aliphatic carbocycles. The number of benzene rings is 1. The SMILES string of the molecule is COCCCOc1cc(CC(CC(N)[C@@H](O)CC(C(=O)NC[C@@H]2COCCO2)C(C)C)C(C)C)ccc1OC. The molecule has 3 unspecified atom stereocenters. The van der Waals surface area contributed by atoms with Crippen LogP contribution in [0.1, 0.15) is 52.5 Å². The van der Waals surface area contributed by atoms with Crippen molar-refractivity contribution in [3.8, 4) is 11.5 Å². The van der Waals surface area contributed by atoms with E-state index in [1.807, 2.05) is 26.0 Å². The van der Waals surface area contributed by atoms with E-state index in [1.165, 1.54) is 0 Å². The molecule has 2 rings (SSSR count). The molecule has 1 aromatic carbocycles. The van der Waals surface area contributed by atoms with Crippen molar-refractivity contribution in [1.29, 1.82) is 0 Å². The minimum atomic E-state index is -0.783. The summed E-state index contributed by atoms with van der Waals surface area (Å²) in [6, 6.07) is 5.58. The van der Waals surface area contributed by atoms with Gasteiger partial charge in [0, 0.05) is 38.6 Å². The molecule has 0 radical (unpaired) electrons. The summed E-state index contributed by atoms with van der Waals surface area (Å²) in [7, 11) is 3.31. The second kappa shape index (κ2) is 17.7. The predicted molar refractivity (Wildman–Crippen MR) is 152 cm³/mol. The average molecular weight is 553 g/mol. The van der Waals surface area contributed by atoms with Gasteiger partial charge < -0.3 is 39.8 Å². The molecule has 0 aromatic heterocycles. The highest BCUT2D eigenvalue weighted by Crippen LogP contribution is 2.31. The van der Waals surface area contributed by atoms with Gasteiger partial charge in [0.15, 0.2) is 11.5 Å². The number of rotatable bonds is 18. The maximum Gasteiger partial charge on any atom is 0.223 e. The van der Waals surface area contributed by atoms with Crippen molar-refractivity contribution in [3.05, 3.63) is 23.8 Å². The monoisotopic (exact) mass is 552 g/mol. The van der Waals surface area contributed by atoms with Gasteiger partial charge in [-0.05, 0) is 54.7 Å². The van der Waals surface area contributed by atoms with Crippen molar-refractivity contribution >= 4 is 5.91 Å². The van der Waals surface area contributed by atoms with Gasteiger partial charge in [-0.1, -0.05) is 33.8 Å². The lowest BCUT2D eigenvalue weighted by Gasteiger charge is -2.30. The van der Waals surface area contributed by atoms with Gasteiger partial charge in [0.25, 0.3) is 0 Å². The fraction of sp³-hybridized carbons (Fsp3) is 0.767. The Morgan fingerprint density at radius 2 is 1.87 bits per heavy atom. The van der Waals surface area contributed by atoms with Gasteiger partial charge in [-0.15, -0.1) is 0 Å². The first-order valence-corrected chi connectivity index (χ1v) is 14.4.